The van der Waals surface area contributed by atoms with E-state index in [1.807, 2.05) is 51.2 Å². The Morgan fingerprint density at radius 3 is 2.62 bits per heavy atom. The first-order valence-electron chi connectivity index (χ1n) is 7.28. The molecule has 1 aromatic carbocycles. The second kappa shape index (κ2) is 5.90. The molecule has 1 aromatic heterocycles. The number of fused-ring (bicyclic) bond motifs is 1. The molecule has 0 saturated heterocycles. The summed E-state index contributed by atoms with van der Waals surface area (Å²) in [5.74, 6) is 0. The van der Waals surface area contributed by atoms with Gasteiger partial charge in [0.05, 0.1) is 11.6 Å². The molecular formula is C17H23NO3. The van der Waals surface area contributed by atoms with Crippen LogP contribution in [0.5, 0.6) is 0 Å². The van der Waals surface area contributed by atoms with E-state index >= 15 is 0 Å². The summed E-state index contributed by atoms with van der Waals surface area (Å²) in [7, 11) is 0. The Labute approximate surface area is 125 Å². The number of hydrogen-bond acceptors (Lipinski definition) is 3. The predicted molar refractivity (Wildman–Crippen MR) is 83.6 cm³/mol. The van der Waals surface area contributed by atoms with Crippen LogP contribution in [0.25, 0.3) is 10.9 Å². The highest BCUT2D eigenvalue weighted by atomic mass is 16.6. The van der Waals surface area contributed by atoms with Gasteiger partial charge >= 0.3 is 6.09 Å². The van der Waals surface area contributed by atoms with Crippen molar-refractivity contribution < 1.29 is 14.6 Å². The molecule has 0 aliphatic carbocycles. The van der Waals surface area contributed by atoms with Gasteiger partial charge in [0, 0.05) is 11.6 Å². The lowest BCUT2D eigenvalue weighted by Crippen LogP contribution is -2.26. The topological polar surface area (TPSA) is 51.5 Å². The number of rotatable bonds is 3. The first kappa shape index (κ1) is 15.6. The molecule has 0 spiro atoms. The minimum Gasteiger partial charge on any atom is -0.443 e. The van der Waals surface area contributed by atoms with Gasteiger partial charge in [-0.2, -0.15) is 0 Å². The minimum absolute atomic E-state index is 0.353. The molecule has 2 aromatic rings. The SMILES string of the molecule is CC(O)CCc1cn(C(=O)OC(C)(C)C)c2ccccc12. The van der Waals surface area contributed by atoms with Crippen LogP contribution in [0.15, 0.2) is 30.5 Å². The van der Waals surface area contributed by atoms with Crippen molar-refractivity contribution in [1.82, 2.24) is 4.57 Å². The largest absolute Gasteiger partial charge is 0.443 e. The zero-order chi connectivity index (χ0) is 15.6. The van der Waals surface area contributed by atoms with E-state index in [0.717, 1.165) is 22.9 Å². The van der Waals surface area contributed by atoms with Gasteiger partial charge in [-0.1, -0.05) is 18.2 Å². The average Bonchev–Trinajstić information content (AvgIpc) is 2.73. The molecule has 0 bridgehead atoms. The van der Waals surface area contributed by atoms with Crippen molar-refractivity contribution in [1.29, 1.82) is 0 Å². The maximum atomic E-state index is 12.3. The van der Waals surface area contributed by atoms with E-state index in [1.165, 1.54) is 0 Å². The van der Waals surface area contributed by atoms with Crippen LogP contribution in [0, 0.1) is 0 Å². The summed E-state index contributed by atoms with van der Waals surface area (Å²) < 4.78 is 7.00. The molecule has 0 radical (unpaired) electrons. The number of nitrogens with zero attached hydrogens (tertiary/aromatic N) is 1. The van der Waals surface area contributed by atoms with E-state index in [4.69, 9.17) is 4.74 Å². The number of aryl methyl sites for hydroxylation is 1. The molecule has 1 unspecified atom stereocenters. The van der Waals surface area contributed by atoms with Crippen molar-refractivity contribution in [2.24, 2.45) is 0 Å². The summed E-state index contributed by atoms with van der Waals surface area (Å²) in [6.45, 7) is 7.33. The number of para-hydroxylation sites is 1. The average molecular weight is 289 g/mol. The summed E-state index contributed by atoms with van der Waals surface area (Å²) in [6.07, 6.45) is 2.49. The fourth-order valence-electron chi connectivity index (χ4n) is 2.28. The predicted octanol–water partition coefficient (Wildman–Crippen LogP) is 3.74. The van der Waals surface area contributed by atoms with Crippen LogP contribution >= 0.6 is 0 Å². The van der Waals surface area contributed by atoms with Gasteiger partial charge in [0.25, 0.3) is 0 Å². The summed E-state index contributed by atoms with van der Waals surface area (Å²) in [5.41, 5.74) is 1.37. The quantitative estimate of drug-likeness (QED) is 0.936. The molecule has 0 aliphatic heterocycles. The van der Waals surface area contributed by atoms with Crippen molar-refractivity contribution in [2.45, 2.75) is 52.2 Å². The summed E-state index contributed by atoms with van der Waals surface area (Å²) in [5, 5.41) is 10.5. The van der Waals surface area contributed by atoms with E-state index in [0.29, 0.717) is 6.42 Å². The second-order valence-electron chi connectivity index (χ2n) is 6.41. The maximum Gasteiger partial charge on any atom is 0.419 e. The Hall–Kier alpha value is -1.81. The molecule has 0 saturated carbocycles. The van der Waals surface area contributed by atoms with Gasteiger partial charge in [-0.25, -0.2) is 4.79 Å². The highest BCUT2D eigenvalue weighted by Crippen LogP contribution is 2.24. The smallest absolute Gasteiger partial charge is 0.419 e. The van der Waals surface area contributed by atoms with Crippen molar-refractivity contribution in [2.75, 3.05) is 0 Å². The molecule has 4 heteroatoms. The molecule has 0 fully saturated rings. The van der Waals surface area contributed by atoms with Crippen LogP contribution in [0.2, 0.25) is 0 Å². The molecule has 0 aliphatic rings. The van der Waals surface area contributed by atoms with E-state index in [2.05, 4.69) is 0 Å². The number of aromatic nitrogens is 1. The Morgan fingerprint density at radius 1 is 1.33 bits per heavy atom. The molecule has 21 heavy (non-hydrogen) atoms. The van der Waals surface area contributed by atoms with Gasteiger partial charge in [0.2, 0.25) is 0 Å². The number of ether oxygens (including phenoxy) is 1. The van der Waals surface area contributed by atoms with Crippen molar-refractivity contribution in [3.05, 3.63) is 36.0 Å². The standard InChI is InChI=1S/C17H23NO3/c1-12(19)9-10-13-11-18(16(20)21-17(2,3)4)15-8-6-5-7-14(13)15/h5-8,11-12,19H,9-10H2,1-4H3. The van der Waals surface area contributed by atoms with Gasteiger partial charge in [-0.05, 0) is 52.2 Å². The Morgan fingerprint density at radius 2 is 2.00 bits per heavy atom. The van der Waals surface area contributed by atoms with E-state index in [-0.39, 0.29) is 12.2 Å². The van der Waals surface area contributed by atoms with Crippen LogP contribution in [-0.4, -0.2) is 27.5 Å². The van der Waals surface area contributed by atoms with Crippen LogP contribution in [0.4, 0.5) is 4.79 Å². The molecule has 2 rings (SSSR count). The highest BCUT2D eigenvalue weighted by Gasteiger charge is 2.20. The fourth-order valence-corrected chi connectivity index (χ4v) is 2.28. The van der Waals surface area contributed by atoms with Crippen LogP contribution < -0.4 is 0 Å². The van der Waals surface area contributed by atoms with Crippen LogP contribution in [-0.2, 0) is 11.2 Å². The Bertz CT molecular complexity index is 635. The van der Waals surface area contributed by atoms with Crippen LogP contribution in [0.1, 0.15) is 39.7 Å². The first-order valence-corrected chi connectivity index (χ1v) is 7.28. The number of aliphatic hydroxyl groups excluding tert-OH is 1. The van der Waals surface area contributed by atoms with Crippen LogP contribution in [0.3, 0.4) is 0 Å². The maximum absolute atomic E-state index is 12.3. The minimum atomic E-state index is -0.526. The summed E-state index contributed by atoms with van der Waals surface area (Å²) >= 11 is 0. The lowest BCUT2D eigenvalue weighted by Gasteiger charge is -2.19. The fraction of sp³-hybridized carbons (Fsp3) is 0.471. The molecule has 4 nitrogen and oxygen atoms in total. The molecule has 114 valence electrons. The lowest BCUT2D eigenvalue weighted by atomic mass is 10.1. The Kier molecular flexibility index (Phi) is 4.37. The molecular weight excluding hydrogens is 266 g/mol. The molecule has 1 N–H and O–H groups in total. The number of hydrogen-bond donors (Lipinski definition) is 1. The van der Waals surface area contributed by atoms with E-state index in [9.17, 15) is 9.90 Å². The third-order valence-corrected chi connectivity index (χ3v) is 3.22. The van der Waals surface area contributed by atoms with Gasteiger partial charge in [-0.15, -0.1) is 0 Å². The van der Waals surface area contributed by atoms with E-state index < -0.39 is 5.60 Å². The highest BCUT2D eigenvalue weighted by molar-refractivity contribution is 5.92. The van der Waals surface area contributed by atoms with Gasteiger partial charge in [0.15, 0.2) is 0 Å². The number of carbonyl (C=O) groups excluding carboxylic acids is 1. The van der Waals surface area contributed by atoms with Crippen molar-refractivity contribution >= 4 is 17.0 Å². The number of aliphatic hydroxyl groups is 1. The molecule has 1 atom stereocenters. The molecule has 1 heterocycles. The third-order valence-electron chi connectivity index (χ3n) is 3.22. The second-order valence-corrected chi connectivity index (χ2v) is 6.41. The lowest BCUT2D eigenvalue weighted by molar-refractivity contribution is 0.0544. The first-order chi connectivity index (χ1) is 9.78. The zero-order valence-electron chi connectivity index (χ0n) is 13.1. The third kappa shape index (κ3) is 3.85. The van der Waals surface area contributed by atoms with Gasteiger partial charge in [0.1, 0.15) is 5.60 Å². The Balaban J connectivity index is 2.38. The monoisotopic (exact) mass is 289 g/mol. The molecule has 0 amide bonds. The van der Waals surface area contributed by atoms with Gasteiger partial charge in [-0.3, -0.25) is 4.57 Å². The normalized spacial score (nSPS) is 13.4. The summed E-state index contributed by atoms with van der Waals surface area (Å²) in [4.78, 5) is 12.3. The van der Waals surface area contributed by atoms with E-state index in [1.54, 1.807) is 11.5 Å². The van der Waals surface area contributed by atoms with Gasteiger partial charge < -0.3 is 9.84 Å². The van der Waals surface area contributed by atoms with Crippen molar-refractivity contribution in [3.8, 4) is 0 Å². The number of benzene rings is 1. The zero-order valence-corrected chi connectivity index (χ0v) is 13.1. The summed E-state index contributed by atoms with van der Waals surface area (Å²) in [6, 6.07) is 7.76. The number of carbonyl (C=O) groups is 1. The van der Waals surface area contributed by atoms with Crippen molar-refractivity contribution in [3.63, 3.8) is 0 Å².